The Balaban J connectivity index is 2.92. The number of rotatable bonds is 0. The van der Waals surface area contributed by atoms with Crippen LogP contribution in [0.1, 0.15) is 6.92 Å². The fraction of sp³-hybridized carbons (Fsp3) is 0.571. The average Bonchev–Trinajstić information content (AvgIpc) is 1.97. The lowest BCUT2D eigenvalue weighted by Crippen LogP contribution is -2.45. The molecule has 0 heterocycles. The van der Waals surface area contributed by atoms with Gasteiger partial charge in [0.05, 0.1) is 0 Å². The predicted octanol–water partition coefficient (Wildman–Crippen LogP) is -1.40. The molecule has 62 valence electrons. The van der Waals surface area contributed by atoms with Crippen molar-refractivity contribution in [2.75, 3.05) is 0 Å². The number of Topliss-reactive ketones (excluding diaryl/α,β-unsaturated/α-hetero) is 1. The summed E-state index contributed by atoms with van der Waals surface area (Å²) in [7, 11) is 0. The molecule has 4 nitrogen and oxygen atoms in total. The van der Waals surface area contributed by atoms with Gasteiger partial charge in [-0.05, 0) is 18.6 Å². The highest BCUT2D eigenvalue weighted by atomic mass is 16.4. The normalized spacial score (nSPS) is 38.7. The van der Waals surface area contributed by atoms with Crippen LogP contribution in [0.15, 0.2) is 11.6 Å². The van der Waals surface area contributed by atoms with Crippen LogP contribution in [0.3, 0.4) is 0 Å². The Bertz CT molecular complexity index is 208. The van der Waals surface area contributed by atoms with Crippen molar-refractivity contribution in [3.05, 3.63) is 11.6 Å². The van der Waals surface area contributed by atoms with Crippen molar-refractivity contribution in [2.45, 2.75) is 25.2 Å². The van der Waals surface area contributed by atoms with E-state index in [0.717, 1.165) is 0 Å². The van der Waals surface area contributed by atoms with E-state index in [2.05, 4.69) is 0 Å². The zero-order valence-corrected chi connectivity index (χ0v) is 6.06. The Kier molecular flexibility index (Phi) is 2.08. The van der Waals surface area contributed by atoms with E-state index in [0.29, 0.717) is 0 Å². The van der Waals surface area contributed by atoms with Crippen LogP contribution in [0, 0.1) is 0 Å². The van der Waals surface area contributed by atoms with Crippen molar-refractivity contribution in [2.24, 2.45) is 0 Å². The molecular weight excluding hydrogens is 148 g/mol. The molecule has 3 atom stereocenters. The molecule has 0 aliphatic heterocycles. The SMILES string of the molecule is CC1=C[C@@H](O)[C@@H](O)[C@H](O)C1=O. The average molecular weight is 158 g/mol. The van der Waals surface area contributed by atoms with Crippen LogP contribution in [-0.2, 0) is 4.79 Å². The van der Waals surface area contributed by atoms with Crippen molar-refractivity contribution in [3.8, 4) is 0 Å². The molecule has 4 heteroatoms. The first kappa shape index (κ1) is 8.39. The van der Waals surface area contributed by atoms with Crippen molar-refractivity contribution < 1.29 is 20.1 Å². The molecule has 11 heavy (non-hydrogen) atoms. The minimum atomic E-state index is -1.48. The van der Waals surface area contributed by atoms with Gasteiger partial charge >= 0.3 is 0 Å². The molecule has 0 amide bonds. The maximum atomic E-state index is 10.9. The highest BCUT2D eigenvalue weighted by Gasteiger charge is 2.34. The third-order valence-electron chi connectivity index (χ3n) is 1.75. The van der Waals surface area contributed by atoms with E-state index in [4.69, 9.17) is 15.3 Å². The molecule has 1 aliphatic rings. The van der Waals surface area contributed by atoms with Gasteiger partial charge in [-0.15, -0.1) is 0 Å². The molecule has 0 bridgehead atoms. The number of carbonyl (C=O) groups excluding carboxylic acids is 1. The Morgan fingerprint density at radius 2 is 1.91 bits per heavy atom. The maximum absolute atomic E-state index is 10.9. The topological polar surface area (TPSA) is 77.8 Å². The van der Waals surface area contributed by atoms with Gasteiger partial charge in [0.2, 0.25) is 0 Å². The molecule has 0 aromatic carbocycles. The summed E-state index contributed by atoms with van der Waals surface area (Å²) < 4.78 is 0. The van der Waals surface area contributed by atoms with Gasteiger partial charge in [-0.1, -0.05) is 0 Å². The van der Waals surface area contributed by atoms with Crippen LogP contribution in [0.5, 0.6) is 0 Å². The van der Waals surface area contributed by atoms with Gasteiger partial charge in [0.15, 0.2) is 5.78 Å². The molecule has 0 aromatic heterocycles. The first-order valence-corrected chi connectivity index (χ1v) is 3.31. The first-order valence-electron chi connectivity index (χ1n) is 3.31. The number of aliphatic hydroxyl groups excluding tert-OH is 3. The Morgan fingerprint density at radius 1 is 1.36 bits per heavy atom. The van der Waals surface area contributed by atoms with E-state index in [1.54, 1.807) is 0 Å². The second kappa shape index (κ2) is 2.73. The summed E-state index contributed by atoms with van der Waals surface area (Å²) in [6.45, 7) is 1.49. The van der Waals surface area contributed by atoms with Crippen molar-refractivity contribution in [3.63, 3.8) is 0 Å². The molecule has 0 spiro atoms. The second-order valence-corrected chi connectivity index (χ2v) is 2.64. The van der Waals surface area contributed by atoms with Crippen LogP contribution in [0.25, 0.3) is 0 Å². The Morgan fingerprint density at radius 3 is 2.45 bits per heavy atom. The van der Waals surface area contributed by atoms with Crippen LogP contribution < -0.4 is 0 Å². The predicted molar refractivity (Wildman–Crippen MR) is 36.8 cm³/mol. The van der Waals surface area contributed by atoms with Crippen molar-refractivity contribution in [1.82, 2.24) is 0 Å². The fourth-order valence-corrected chi connectivity index (χ4v) is 1.01. The van der Waals surface area contributed by atoms with Gasteiger partial charge in [0.1, 0.15) is 18.3 Å². The summed E-state index contributed by atoms with van der Waals surface area (Å²) in [5.74, 6) is -0.525. The summed E-state index contributed by atoms with van der Waals surface area (Å²) in [5, 5.41) is 27.0. The summed E-state index contributed by atoms with van der Waals surface area (Å²) in [6, 6.07) is 0. The van der Waals surface area contributed by atoms with E-state index in [-0.39, 0.29) is 5.57 Å². The molecule has 0 aromatic rings. The zero-order valence-electron chi connectivity index (χ0n) is 6.06. The first-order chi connectivity index (χ1) is 5.04. The van der Waals surface area contributed by atoms with E-state index in [1.165, 1.54) is 13.0 Å². The molecule has 1 rings (SSSR count). The van der Waals surface area contributed by atoms with E-state index in [1.807, 2.05) is 0 Å². The van der Waals surface area contributed by atoms with Crippen LogP contribution in [0.4, 0.5) is 0 Å². The van der Waals surface area contributed by atoms with Gasteiger partial charge in [-0.2, -0.15) is 0 Å². The molecule has 1 aliphatic carbocycles. The van der Waals surface area contributed by atoms with Crippen LogP contribution >= 0.6 is 0 Å². The maximum Gasteiger partial charge on any atom is 0.189 e. The third kappa shape index (κ3) is 1.33. The van der Waals surface area contributed by atoms with E-state index < -0.39 is 24.1 Å². The highest BCUT2D eigenvalue weighted by molar-refractivity contribution is 5.99. The molecule has 3 N–H and O–H groups in total. The summed E-state index contributed by atoms with van der Waals surface area (Å²) >= 11 is 0. The number of hydrogen-bond donors (Lipinski definition) is 3. The Hall–Kier alpha value is -0.710. The van der Waals surface area contributed by atoms with Crippen molar-refractivity contribution in [1.29, 1.82) is 0 Å². The Labute approximate surface area is 63.8 Å². The highest BCUT2D eigenvalue weighted by Crippen LogP contribution is 2.15. The molecule has 0 radical (unpaired) electrons. The monoisotopic (exact) mass is 158 g/mol. The van der Waals surface area contributed by atoms with Crippen molar-refractivity contribution >= 4 is 5.78 Å². The zero-order chi connectivity index (χ0) is 8.59. The standard InChI is InChI=1S/C7H10O4/c1-3-2-4(8)6(10)7(11)5(3)9/h2,4,6-8,10-11H,1H3/t4-,6-,7-/m1/s1. The number of ketones is 1. The lowest BCUT2D eigenvalue weighted by Gasteiger charge is -2.24. The fourth-order valence-electron chi connectivity index (χ4n) is 1.01. The number of hydrogen-bond acceptors (Lipinski definition) is 4. The second-order valence-electron chi connectivity index (χ2n) is 2.64. The summed E-state index contributed by atoms with van der Waals surface area (Å²) in [6.07, 6.45) is -2.76. The lowest BCUT2D eigenvalue weighted by atomic mass is 9.92. The minimum absolute atomic E-state index is 0.287. The lowest BCUT2D eigenvalue weighted by molar-refractivity contribution is -0.134. The number of carbonyl (C=O) groups is 1. The van der Waals surface area contributed by atoms with Gasteiger partial charge in [0.25, 0.3) is 0 Å². The molecule has 0 saturated heterocycles. The van der Waals surface area contributed by atoms with Gasteiger partial charge < -0.3 is 15.3 Å². The van der Waals surface area contributed by atoms with E-state index in [9.17, 15) is 4.79 Å². The third-order valence-corrected chi connectivity index (χ3v) is 1.75. The molecule has 0 saturated carbocycles. The summed E-state index contributed by atoms with van der Waals surface area (Å²) in [5.41, 5.74) is 0.287. The van der Waals surface area contributed by atoms with Crippen LogP contribution in [0.2, 0.25) is 0 Å². The minimum Gasteiger partial charge on any atom is -0.387 e. The molecular formula is C7H10O4. The number of aliphatic hydroxyl groups is 3. The van der Waals surface area contributed by atoms with E-state index >= 15 is 0 Å². The van der Waals surface area contributed by atoms with Gasteiger partial charge in [0, 0.05) is 0 Å². The molecule has 0 unspecified atom stereocenters. The quantitative estimate of drug-likeness (QED) is 0.405. The smallest absolute Gasteiger partial charge is 0.189 e. The van der Waals surface area contributed by atoms with Gasteiger partial charge in [-0.25, -0.2) is 0 Å². The summed E-state index contributed by atoms with van der Waals surface area (Å²) in [4.78, 5) is 10.9. The largest absolute Gasteiger partial charge is 0.387 e. The van der Waals surface area contributed by atoms with Gasteiger partial charge in [-0.3, -0.25) is 4.79 Å². The molecule has 0 fully saturated rings. The van der Waals surface area contributed by atoms with Crippen LogP contribution in [-0.4, -0.2) is 39.4 Å².